The molecule has 82 heavy (non-hydrogen) atoms. The van der Waals surface area contributed by atoms with Crippen LogP contribution in [0.15, 0.2) is 315 Å². The van der Waals surface area contributed by atoms with Gasteiger partial charge in [-0.15, -0.1) is 0 Å². The van der Waals surface area contributed by atoms with E-state index < -0.39 is 10.8 Å². The van der Waals surface area contributed by atoms with Crippen molar-refractivity contribution in [1.29, 1.82) is 0 Å². The Morgan fingerprint density at radius 3 is 1.30 bits per heavy atom. The molecule has 2 aliphatic rings. The van der Waals surface area contributed by atoms with Crippen molar-refractivity contribution in [2.45, 2.75) is 17.8 Å². The second-order valence-electron chi connectivity index (χ2n) is 22.4. The number of anilines is 3. The molecule has 16 rings (SSSR count). The average molecular weight is 1040 g/mol. The zero-order valence-corrected chi connectivity index (χ0v) is 45.5. The maximum Gasteiger partial charge on any atom is 0.0714 e. The molecule has 1 heteroatoms. The van der Waals surface area contributed by atoms with Gasteiger partial charge in [-0.05, 0) is 182 Å². The first-order chi connectivity index (χ1) is 40.6. The summed E-state index contributed by atoms with van der Waals surface area (Å²) in [7, 11) is 0. The van der Waals surface area contributed by atoms with Crippen LogP contribution < -0.4 is 4.90 Å². The molecule has 0 saturated heterocycles. The summed E-state index contributed by atoms with van der Waals surface area (Å²) in [4.78, 5) is 2.50. The van der Waals surface area contributed by atoms with E-state index in [0.29, 0.717) is 0 Å². The summed E-state index contributed by atoms with van der Waals surface area (Å²) in [6.45, 7) is 2.43. The van der Waals surface area contributed by atoms with Gasteiger partial charge in [-0.1, -0.05) is 267 Å². The Morgan fingerprint density at radius 2 is 0.659 bits per heavy atom. The molecule has 0 spiro atoms. The van der Waals surface area contributed by atoms with Crippen LogP contribution in [-0.4, -0.2) is 0 Å². The van der Waals surface area contributed by atoms with Crippen molar-refractivity contribution in [2.75, 3.05) is 4.90 Å². The molecule has 0 fully saturated rings. The van der Waals surface area contributed by atoms with Crippen LogP contribution in [0.5, 0.6) is 0 Å². The summed E-state index contributed by atoms with van der Waals surface area (Å²) in [6, 6.07) is 118. The van der Waals surface area contributed by atoms with E-state index in [2.05, 4.69) is 327 Å². The largest absolute Gasteiger partial charge is 0.310 e. The van der Waals surface area contributed by atoms with Crippen molar-refractivity contribution >= 4 is 49.4 Å². The number of hydrogen-bond donors (Lipinski definition) is 0. The Kier molecular flexibility index (Phi) is 11.0. The number of fused-ring (bicyclic) bond motifs is 12. The van der Waals surface area contributed by atoms with Crippen molar-refractivity contribution in [3.05, 3.63) is 354 Å². The van der Waals surface area contributed by atoms with Gasteiger partial charge < -0.3 is 4.90 Å². The van der Waals surface area contributed by atoms with Crippen molar-refractivity contribution in [3.8, 4) is 55.6 Å². The third kappa shape index (κ3) is 7.19. The third-order valence-corrected chi connectivity index (χ3v) is 18.2. The molecule has 1 nitrogen and oxygen atoms in total. The molecule has 1 unspecified atom stereocenters. The van der Waals surface area contributed by atoms with E-state index in [9.17, 15) is 0 Å². The molecule has 0 aliphatic heterocycles. The molecule has 384 valence electrons. The van der Waals surface area contributed by atoms with Gasteiger partial charge in [0.15, 0.2) is 0 Å². The smallest absolute Gasteiger partial charge is 0.0714 e. The number of hydrogen-bond acceptors (Lipinski definition) is 1. The highest BCUT2D eigenvalue weighted by molar-refractivity contribution is 6.25. The van der Waals surface area contributed by atoms with Crippen LogP contribution in [0.2, 0.25) is 0 Å². The minimum atomic E-state index is -0.559. The van der Waals surface area contributed by atoms with Gasteiger partial charge in [0, 0.05) is 22.5 Å². The third-order valence-electron chi connectivity index (χ3n) is 18.2. The van der Waals surface area contributed by atoms with Gasteiger partial charge in [0.2, 0.25) is 0 Å². The summed E-state index contributed by atoms with van der Waals surface area (Å²) < 4.78 is 0. The standard InChI is InChI=1S/C81H55N/c1-80(59-26-8-3-9-27-59)76-39-21-37-65(55-22-6-2-7-23-55)79(76)73-49-46-63(52-77(73)80)82(64-45-48-72-71-36-18-19-38-75(71)81(78(72)53-64,60-28-10-4-11-29-60)61-30-12-5-13-31-61)62-43-40-54(41-44-62)56-24-20-25-57(50-56)58-42-47-70-68-34-15-14-32-66(68)67-33-16-17-35-69(67)74(70)51-58/h2-53H,1H3. The zero-order valence-electron chi connectivity index (χ0n) is 45.5. The van der Waals surface area contributed by atoms with E-state index >= 15 is 0 Å². The maximum absolute atomic E-state index is 2.50. The fourth-order valence-electron chi connectivity index (χ4n) is 14.4. The van der Waals surface area contributed by atoms with E-state index in [4.69, 9.17) is 0 Å². The van der Waals surface area contributed by atoms with E-state index in [1.807, 2.05) is 0 Å². The molecule has 0 heterocycles. The van der Waals surface area contributed by atoms with Gasteiger partial charge in [0.1, 0.15) is 0 Å². The van der Waals surface area contributed by atoms with Crippen LogP contribution in [0.3, 0.4) is 0 Å². The molecule has 2 aliphatic carbocycles. The summed E-state index contributed by atoms with van der Waals surface area (Å²) in [5.74, 6) is 0. The summed E-state index contributed by atoms with van der Waals surface area (Å²) >= 11 is 0. The molecular weight excluding hydrogens is 987 g/mol. The second kappa shape index (κ2) is 18.9. The summed E-state index contributed by atoms with van der Waals surface area (Å²) in [6.07, 6.45) is 0. The molecule has 0 aromatic heterocycles. The topological polar surface area (TPSA) is 3.24 Å². The van der Waals surface area contributed by atoms with E-state index in [-0.39, 0.29) is 0 Å². The quantitative estimate of drug-likeness (QED) is 0.130. The van der Waals surface area contributed by atoms with Crippen LogP contribution in [-0.2, 0) is 10.8 Å². The molecule has 0 radical (unpaired) electrons. The summed E-state index contributed by atoms with van der Waals surface area (Å²) in [5, 5.41) is 7.70. The second-order valence-corrected chi connectivity index (χ2v) is 22.4. The van der Waals surface area contributed by atoms with E-state index in [1.54, 1.807) is 0 Å². The highest BCUT2D eigenvalue weighted by atomic mass is 15.1. The Balaban J connectivity index is 0.876. The van der Waals surface area contributed by atoms with Crippen molar-refractivity contribution in [3.63, 3.8) is 0 Å². The number of benzene rings is 14. The van der Waals surface area contributed by atoms with Crippen LogP contribution in [0.1, 0.15) is 45.9 Å². The van der Waals surface area contributed by atoms with Crippen LogP contribution in [0.25, 0.3) is 88.0 Å². The predicted octanol–water partition coefficient (Wildman–Crippen LogP) is 21.3. The molecular formula is C81H55N. The summed E-state index contributed by atoms with van der Waals surface area (Å²) in [5.41, 5.74) is 23.5. The lowest BCUT2D eigenvalue weighted by Crippen LogP contribution is -2.28. The van der Waals surface area contributed by atoms with Gasteiger partial charge in [0.05, 0.1) is 5.41 Å². The lowest BCUT2D eigenvalue weighted by atomic mass is 9.67. The fourth-order valence-corrected chi connectivity index (χ4v) is 14.4. The molecule has 1 atom stereocenters. The number of nitrogens with zero attached hydrogens (tertiary/aromatic N) is 1. The first-order valence-corrected chi connectivity index (χ1v) is 28.6. The van der Waals surface area contributed by atoms with Crippen molar-refractivity contribution < 1.29 is 0 Å². The van der Waals surface area contributed by atoms with Gasteiger partial charge in [-0.3, -0.25) is 0 Å². The van der Waals surface area contributed by atoms with E-state index in [0.717, 1.165) is 22.6 Å². The Morgan fingerprint density at radius 1 is 0.232 bits per heavy atom. The Labute approximate surface area is 479 Å². The average Bonchev–Trinajstić information content (AvgIpc) is 4.22. The zero-order chi connectivity index (χ0) is 54.4. The van der Waals surface area contributed by atoms with E-state index in [1.165, 1.54) is 121 Å². The molecule has 0 amide bonds. The maximum atomic E-state index is 2.50. The first kappa shape index (κ1) is 47.6. The van der Waals surface area contributed by atoms with Crippen LogP contribution in [0.4, 0.5) is 17.1 Å². The normalized spacial score (nSPS) is 14.5. The molecule has 0 bridgehead atoms. The molecule has 0 N–H and O–H groups in total. The van der Waals surface area contributed by atoms with Gasteiger partial charge in [0.25, 0.3) is 0 Å². The molecule has 14 aromatic rings. The Hall–Kier alpha value is -10.3. The fraction of sp³-hybridized carbons (Fsp3) is 0.0370. The highest BCUT2D eigenvalue weighted by Gasteiger charge is 2.47. The van der Waals surface area contributed by atoms with Gasteiger partial charge in [-0.2, -0.15) is 0 Å². The first-order valence-electron chi connectivity index (χ1n) is 28.6. The van der Waals surface area contributed by atoms with Crippen LogP contribution in [0, 0.1) is 0 Å². The lowest BCUT2D eigenvalue weighted by molar-refractivity contribution is 0.714. The highest BCUT2D eigenvalue weighted by Crippen LogP contribution is 2.59. The molecule has 14 aromatic carbocycles. The SMILES string of the molecule is CC1(c2ccccc2)c2cc(N(c3ccc(-c4cccc(-c5ccc6c7ccccc7c7ccccc7c6c5)c4)cc3)c3ccc4c(c3)C(c3ccccc3)(c3ccccc3)c3ccccc3-4)ccc2-c2c(-c3ccccc3)cccc21. The van der Waals surface area contributed by atoms with Gasteiger partial charge in [-0.25, -0.2) is 0 Å². The minimum absolute atomic E-state index is 0.436. The lowest BCUT2D eigenvalue weighted by Gasteiger charge is -2.35. The van der Waals surface area contributed by atoms with Crippen molar-refractivity contribution in [2.24, 2.45) is 0 Å². The predicted molar refractivity (Wildman–Crippen MR) is 345 cm³/mol. The number of rotatable bonds is 9. The minimum Gasteiger partial charge on any atom is -0.310 e. The van der Waals surface area contributed by atoms with Crippen LogP contribution >= 0.6 is 0 Å². The van der Waals surface area contributed by atoms with Crippen molar-refractivity contribution in [1.82, 2.24) is 0 Å². The Bertz CT molecular complexity index is 4720. The monoisotopic (exact) mass is 1040 g/mol. The van der Waals surface area contributed by atoms with Gasteiger partial charge >= 0.3 is 0 Å². The molecule has 0 saturated carbocycles.